The third-order valence-electron chi connectivity index (χ3n) is 5.12. The molecule has 0 bridgehead atoms. The molecule has 0 saturated heterocycles. The van der Waals surface area contributed by atoms with Crippen LogP contribution in [0.1, 0.15) is 50.5 Å². The predicted molar refractivity (Wildman–Crippen MR) is 90.3 cm³/mol. The Hall–Kier alpha value is -1.53. The van der Waals surface area contributed by atoms with Crippen LogP contribution in [0.25, 0.3) is 10.2 Å². The Kier molecular flexibility index (Phi) is 3.61. The lowest BCUT2D eigenvalue weighted by atomic mass is 9.77. The number of carbonyl (C=O) groups is 1. The summed E-state index contributed by atoms with van der Waals surface area (Å²) in [5.41, 5.74) is -0.0445. The van der Waals surface area contributed by atoms with E-state index in [4.69, 9.17) is 0 Å². The van der Waals surface area contributed by atoms with Gasteiger partial charge in [-0.1, -0.05) is 19.8 Å². The van der Waals surface area contributed by atoms with Crippen molar-refractivity contribution < 1.29 is 9.90 Å². The molecule has 0 aliphatic heterocycles. The second kappa shape index (κ2) is 5.53. The quantitative estimate of drug-likeness (QED) is 0.903. The topological polar surface area (TPSA) is 75.1 Å². The maximum atomic E-state index is 12.0. The van der Waals surface area contributed by atoms with E-state index in [0.717, 1.165) is 47.3 Å². The summed E-state index contributed by atoms with van der Waals surface area (Å²) in [7, 11) is 0. The van der Waals surface area contributed by atoms with Crippen molar-refractivity contribution in [3.8, 4) is 0 Å². The summed E-state index contributed by atoms with van der Waals surface area (Å²) >= 11 is 1.47. The van der Waals surface area contributed by atoms with Gasteiger partial charge in [-0.25, -0.2) is 9.97 Å². The Labute approximate surface area is 139 Å². The van der Waals surface area contributed by atoms with E-state index >= 15 is 0 Å². The van der Waals surface area contributed by atoms with E-state index in [1.165, 1.54) is 17.8 Å². The third kappa shape index (κ3) is 2.64. The predicted octanol–water partition coefficient (Wildman–Crippen LogP) is 3.44. The minimum Gasteiger partial charge on any atom is -0.382 e. The molecule has 2 heterocycles. The number of anilines is 1. The molecule has 2 atom stereocenters. The number of hydrogen-bond donors (Lipinski definition) is 2. The zero-order valence-electron chi connectivity index (χ0n) is 13.2. The van der Waals surface area contributed by atoms with E-state index in [1.807, 2.05) is 6.07 Å². The molecule has 0 radical (unpaired) electrons. The van der Waals surface area contributed by atoms with E-state index in [2.05, 4.69) is 22.2 Å². The van der Waals surface area contributed by atoms with Gasteiger partial charge in [0.25, 0.3) is 0 Å². The van der Waals surface area contributed by atoms with Crippen LogP contribution in [0.4, 0.5) is 5.82 Å². The monoisotopic (exact) mass is 331 g/mol. The summed E-state index contributed by atoms with van der Waals surface area (Å²) in [6.45, 7) is 2.10. The van der Waals surface area contributed by atoms with Crippen molar-refractivity contribution in [1.29, 1.82) is 0 Å². The van der Waals surface area contributed by atoms with Gasteiger partial charge in [-0.2, -0.15) is 0 Å². The fraction of sp³-hybridized carbons (Fsp3) is 0.588. The van der Waals surface area contributed by atoms with Gasteiger partial charge in [-0.05, 0) is 37.7 Å². The van der Waals surface area contributed by atoms with Crippen LogP contribution < -0.4 is 5.32 Å². The molecule has 2 aromatic heterocycles. The summed E-state index contributed by atoms with van der Waals surface area (Å²) in [5, 5.41) is 14.8. The molecule has 2 N–H and O–H groups in total. The van der Waals surface area contributed by atoms with Crippen LogP contribution in [-0.2, 0) is 10.4 Å². The maximum absolute atomic E-state index is 12.0. The van der Waals surface area contributed by atoms with Gasteiger partial charge in [0.05, 0.1) is 10.2 Å². The van der Waals surface area contributed by atoms with Crippen LogP contribution in [0, 0.1) is 11.8 Å². The number of hydrogen-bond acceptors (Lipinski definition) is 5. The molecule has 122 valence electrons. The molecular formula is C17H21N3O2S. The van der Waals surface area contributed by atoms with Crippen LogP contribution in [0.3, 0.4) is 0 Å². The van der Waals surface area contributed by atoms with Crippen LogP contribution in [0.2, 0.25) is 0 Å². The van der Waals surface area contributed by atoms with E-state index < -0.39 is 5.60 Å². The fourth-order valence-corrected chi connectivity index (χ4v) is 4.58. The van der Waals surface area contributed by atoms with E-state index in [0.29, 0.717) is 5.82 Å². The van der Waals surface area contributed by atoms with Gasteiger partial charge in [-0.15, -0.1) is 11.3 Å². The van der Waals surface area contributed by atoms with E-state index in [1.54, 1.807) is 6.20 Å². The number of aromatic nitrogens is 2. The molecule has 0 spiro atoms. The van der Waals surface area contributed by atoms with Crippen LogP contribution in [-0.4, -0.2) is 21.0 Å². The molecule has 1 amide bonds. The Bertz CT molecular complexity index is 755. The number of rotatable bonds is 3. The van der Waals surface area contributed by atoms with Crippen molar-refractivity contribution >= 4 is 33.3 Å². The first-order valence-electron chi connectivity index (χ1n) is 8.37. The normalized spacial score (nSPS) is 28.0. The first-order chi connectivity index (χ1) is 11.1. The minimum atomic E-state index is -0.848. The smallest absolute Gasteiger partial charge is 0.228 e. The third-order valence-corrected chi connectivity index (χ3v) is 6.37. The lowest BCUT2D eigenvalue weighted by Crippen LogP contribution is -2.36. The second-order valence-electron chi connectivity index (χ2n) is 6.86. The highest BCUT2D eigenvalue weighted by molar-refractivity contribution is 7.19. The Morgan fingerprint density at radius 2 is 2.22 bits per heavy atom. The van der Waals surface area contributed by atoms with Crippen molar-refractivity contribution in [2.75, 3.05) is 5.32 Å². The Morgan fingerprint density at radius 1 is 1.39 bits per heavy atom. The molecule has 4 rings (SSSR count). The first kappa shape index (κ1) is 15.0. The van der Waals surface area contributed by atoms with Gasteiger partial charge in [0.2, 0.25) is 5.91 Å². The van der Waals surface area contributed by atoms with Gasteiger partial charge in [0.1, 0.15) is 10.6 Å². The van der Waals surface area contributed by atoms with Gasteiger partial charge >= 0.3 is 0 Å². The summed E-state index contributed by atoms with van der Waals surface area (Å²) in [6.07, 6.45) is 7.57. The fourth-order valence-electron chi connectivity index (χ4n) is 3.34. The number of nitrogens with one attached hydrogen (secondary N) is 1. The lowest BCUT2D eigenvalue weighted by Gasteiger charge is -2.36. The molecule has 2 saturated carbocycles. The number of fused-ring (bicyclic) bond motifs is 1. The van der Waals surface area contributed by atoms with Crippen molar-refractivity contribution in [3.63, 3.8) is 0 Å². The lowest BCUT2D eigenvalue weighted by molar-refractivity contribution is -0.117. The average Bonchev–Trinajstić information content (AvgIpc) is 3.29. The Balaban J connectivity index is 1.71. The van der Waals surface area contributed by atoms with Gasteiger partial charge in [0, 0.05) is 12.1 Å². The SMILES string of the molecule is C[C@H]1CCCC[C@]1(O)c1nc2ccnc(NC(=O)C3CC3)c2s1. The Morgan fingerprint density at radius 3 is 2.96 bits per heavy atom. The number of nitrogens with zero attached hydrogens (tertiary/aromatic N) is 2. The van der Waals surface area contributed by atoms with Crippen molar-refractivity contribution in [2.24, 2.45) is 11.8 Å². The average molecular weight is 331 g/mol. The van der Waals surface area contributed by atoms with Crippen LogP contribution in [0.5, 0.6) is 0 Å². The second-order valence-corrected chi connectivity index (χ2v) is 7.86. The largest absolute Gasteiger partial charge is 0.382 e. The maximum Gasteiger partial charge on any atom is 0.228 e. The van der Waals surface area contributed by atoms with Crippen molar-refractivity contribution in [2.45, 2.75) is 51.0 Å². The van der Waals surface area contributed by atoms with Crippen LogP contribution >= 0.6 is 11.3 Å². The molecular weight excluding hydrogens is 310 g/mol. The molecule has 0 unspecified atom stereocenters. The zero-order chi connectivity index (χ0) is 16.0. The highest BCUT2D eigenvalue weighted by atomic mass is 32.1. The number of carbonyl (C=O) groups excluding carboxylic acids is 1. The summed E-state index contributed by atoms with van der Waals surface area (Å²) in [6, 6.07) is 1.85. The summed E-state index contributed by atoms with van der Waals surface area (Å²) in [5.74, 6) is 0.969. The number of thiazole rings is 1. The molecule has 2 fully saturated rings. The summed E-state index contributed by atoms with van der Waals surface area (Å²) < 4.78 is 0.864. The molecule has 0 aromatic carbocycles. The highest BCUT2D eigenvalue weighted by Gasteiger charge is 2.40. The molecule has 2 aliphatic carbocycles. The van der Waals surface area contributed by atoms with Crippen molar-refractivity contribution in [3.05, 3.63) is 17.3 Å². The molecule has 2 aliphatic rings. The number of amides is 1. The van der Waals surface area contributed by atoms with Gasteiger partial charge in [-0.3, -0.25) is 4.79 Å². The van der Waals surface area contributed by atoms with Gasteiger partial charge < -0.3 is 10.4 Å². The molecule has 5 nitrogen and oxygen atoms in total. The van der Waals surface area contributed by atoms with Crippen molar-refractivity contribution in [1.82, 2.24) is 9.97 Å². The molecule has 23 heavy (non-hydrogen) atoms. The van der Waals surface area contributed by atoms with E-state index in [9.17, 15) is 9.90 Å². The molecule has 2 aromatic rings. The standard InChI is InChI=1S/C17H21N3O2S/c1-10-4-2-3-8-17(10,22)16-19-12-7-9-18-14(13(12)23-16)20-15(21)11-5-6-11/h7,9-11,22H,2-6,8H2,1H3,(H,18,20,21)/t10-,17+/m0/s1. The number of pyridine rings is 1. The van der Waals surface area contributed by atoms with Gasteiger partial charge in [0.15, 0.2) is 5.82 Å². The number of aliphatic hydroxyl groups is 1. The van der Waals surface area contributed by atoms with E-state index in [-0.39, 0.29) is 17.7 Å². The highest BCUT2D eigenvalue weighted by Crippen LogP contribution is 2.44. The summed E-state index contributed by atoms with van der Waals surface area (Å²) in [4.78, 5) is 21.0. The first-order valence-corrected chi connectivity index (χ1v) is 9.19. The minimum absolute atomic E-state index is 0.0460. The van der Waals surface area contributed by atoms with Crippen LogP contribution in [0.15, 0.2) is 12.3 Å². The molecule has 6 heteroatoms. The zero-order valence-corrected chi connectivity index (χ0v) is 14.0.